The average Bonchev–Trinajstić information content (AvgIpc) is 3.48. The van der Waals surface area contributed by atoms with Crippen LogP contribution in [-0.4, -0.2) is 16.2 Å². The van der Waals surface area contributed by atoms with Crippen molar-refractivity contribution in [3.63, 3.8) is 0 Å². The molecule has 0 amide bonds. The fourth-order valence-electron chi connectivity index (χ4n) is 6.35. The molecule has 0 aliphatic carbocycles. The molecule has 4 aromatic carbocycles. The summed E-state index contributed by atoms with van der Waals surface area (Å²) in [5, 5.41) is 5.17. The van der Waals surface area contributed by atoms with Gasteiger partial charge < -0.3 is 9.30 Å². The van der Waals surface area contributed by atoms with Crippen LogP contribution in [-0.2, 0) is 6.54 Å². The third-order valence-electron chi connectivity index (χ3n) is 8.73. The average molecular weight is 623 g/mol. The summed E-state index contributed by atoms with van der Waals surface area (Å²) in [4.78, 5) is 5.42. The van der Waals surface area contributed by atoms with E-state index >= 15 is 0 Å². The maximum atomic E-state index is 6.12. The largest absolute Gasteiger partial charge is 0.494 e. The number of fused-ring (bicyclic) bond motifs is 6. The van der Waals surface area contributed by atoms with Gasteiger partial charge in [-0.1, -0.05) is 141 Å². The van der Waals surface area contributed by atoms with Crippen molar-refractivity contribution < 1.29 is 4.74 Å². The van der Waals surface area contributed by atoms with Crippen molar-refractivity contribution in [3.05, 3.63) is 71.8 Å². The topological polar surface area (TPSA) is 27.1 Å². The molecule has 0 radical (unpaired) electrons. The minimum atomic E-state index is 0.790. The molecule has 0 fully saturated rings. The van der Waals surface area contributed by atoms with Gasteiger partial charge in [0, 0.05) is 22.9 Å². The van der Waals surface area contributed by atoms with Gasteiger partial charge in [-0.3, -0.25) is 0 Å². The standard InChI is InChI=1S/C39H50N2O.2C2H6/c1-5-7-9-11-13-15-25-41-38-36-28-30(4)18-24-34(36)33-23-17-29(3)27-35(33)37(38)40-39(41)31-19-21-32(22-20-31)42-26-16-14-12-10-8-6-2;2*1-2/h17-24,27-28H,5-16,25-26H2,1-4H3;2*1-2H3. The number of benzene rings is 4. The Balaban J connectivity index is 0.00000139. The minimum Gasteiger partial charge on any atom is -0.494 e. The summed E-state index contributed by atoms with van der Waals surface area (Å²) in [7, 11) is 0. The van der Waals surface area contributed by atoms with Crippen molar-refractivity contribution in [2.75, 3.05) is 6.61 Å². The van der Waals surface area contributed by atoms with Crippen molar-refractivity contribution in [2.24, 2.45) is 0 Å². The highest BCUT2D eigenvalue weighted by Crippen LogP contribution is 2.38. The molecular weight excluding hydrogens is 560 g/mol. The summed E-state index contributed by atoms with van der Waals surface area (Å²) >= 11 is 0. The highest BCUT2D eigenvalue weighted by molar-refractivity contribution is 6.24. The Morgan fingerprint density at radius 2 is 1.09 bits per heavy atom. The molecule has 250 valence electrons. The molecule has 0 N–H and O–H groups in total. The molecule has 0 unspecified atom stereocenters. The monoisotopic (exact) mass is 622 g/mol. The highest BCUT2D eigenvalue weighted by atomic mass is 16.5. The molecule has 5 aromatic rings. The smallest absolute Gasteiger partial charge is 0.141 e. The Bertz CT molecular complexity index is 1600. The first-order chi connectivity index (χ1) is 22.6. The summed E-state index contributed by atoms with van der Waals surface area (Å²) in [6, 6.07) is 22.4. The lowest BCUT2D eigenvalue weighted by Crippen LogP contribution is -2.02. The van der Waals surface area contributed by atoms with Crippen molar-refractivity contribution in [3.8, 4) is 17.1 Å². The first kappa shape index (κ1) is 37.1. The summed E-state index contributed by atoms with van der Waals surface area (Å²) in [6.07, 6.45) is 15.4. The van der Waals surface area contributed by atoms with Gasteiger partial charge in [0.25, 0.3) is 0 Å². The van der Waals surface area contributed by atoms with Gasteiger partial charge in [-0.15, -0.1) is 0 Å². The van der Waals surface area contributed by atoms with E-state index in [9.17, 15) is 0 Å². The van der Waals surface area contributed by atoms with Crippen LogP contribution in [0.4, 0.5) is 0 Å². The SMILES string of the molecule is CC.CC.CCCCCCCCOc1ccc(-c2nc3c4cc(C)ccc4c4ccc(C)cc4c3n2CCCCCCCC)cc1. The van der Waals surface area contributed by atoms with E-state index in [1.54, 1.807) is 0 Å². The van der Waals surface area contributed by atoms with Gasteiger partial charge >= 0.3 is 0 Å². The fraction of sp³-hybridized carbons (Fsp3) is 0.512. The Morgan fingerprint density at radius 3 is 1.70 bits per heavy atom. The lowest BCUT2D eigenvalue weighted by molar-refractivity contribution is 0.304. The van der Waals surface area contributed by atoms with Crippen LogP contribution in [0.25, 0.3) is 44.0 Å². The van der Waals surface area contributed by atoms with Gasteiger partial charge in [0.05, 0.1) is 17.6 Å². The Morgan fingerprint density at radius 1 is 0.565 bits per heavy atom. The predicted octanol–water partition coefficient (Wildman–Crippen LogP) is 13.8. The second kappa shape index (κ2) is 20.0. The number of rotatable bonds is 16. The molecule has 1 aromatic heterocycles. The number of ether oxygens (including phenoxy) is 1. The molecule has 0 saturated heterocycles. The van der Waals surface area contributed by atoms with Crippen LogP contribution in [0.1, 0.15) is 130 Å². The molecular formula is C43H62N2O. The van der Waals surface area contributed by atoms with Crippen LogP contribution >= 0.6 is 0 Å². The second-order valence-electron chi connectivity index (χ2n) is 12.3. The number of nitrogens with zero attached hydrogens (tertiary/aromatic N) is 2. The zero-order valence-electron chi connectivity index (χ0n) is 30.5. The quantitative estimate of drug-likeness (QED) is 0.0808. The normalized spacial score (nSPS) is 11.0. The summed E-state index contributed by atoms with van der Waals surface area (Å²) < 4.78 is 8.64. The fourth-order valence-corrected chi connectivity index (χ4v) is 6.35. The summed E-state index contributed by atoms with van der Waals surface area (Å²) in [5.74, 6) is 2.02. The van der Waals surface area contributed by atoms with Gasteiger partial charge in [0.1, 0.15) is 11.6 Å². The van der Waals surface area contributed by atoms with Gasteiger partial charge in [-0.05, 0) is 73.9 Å². The number of imidazole rings is 1. The molecule has 0 saturated carbocycles. The number of aryl methyl sites for hydroxylation is 3. The van der Waals surface area contributed by atoms with Crippen LogP contribution < -0.4 is 4.74 Å². The number of unbranched alkanes of at least 4 members (excludes halogenated alkanes) is 10. The molecule has 0 spiro atoms. The van der Waals surface area contributed by atoms with Gasteiger partial charge in [-0.25, -0.2) is 4.98 Å². The van der Waals surface area contributed by atoms with E-state index in [0.29, 0.717) is 0 Å². The summed E-state index contributed by atoms with van der Waals surface area (Å²) in [5.41, 5.74) is 6.12. The Labute approximate surface area is 280 Å². The molecule has 0 bridgehead atoms. The van der Waals surface area contributed by atoms with Crippen LogP contribution in [0.15, 0.2) is 60.7 Å². The Kier molecular flexibility index (Phi) is 16.2. The number of aromatic nitrogens is 2. The van der Waals surface area contributed by atoms with Crippen molar-refractivity contribution in [1.29, 1.82) is 0 Å². The van der Waals surface area contributed by atoms with Crippen LogP contribution in [0.5, 0.6) is 5.75 Å². The van der Waals surface area contributed by atoms with Gasteiger partial charge in [0.15, 0.2) is 0 Å². The minimum absolute atomic E-state index is 0.790. The number of hydrogen-bond donors (Lipinski definition) is 0. The number of hydrogen-bond acceptors (Lipinski definition) is 2. The van der Waals surface area contributed by atoms with E-state index in [0.717, 1.165) is 42.2 Å². The van der Waals surface area contributed by atoms with E-state index < -0.39 is 0 Å². The lowest BCUT2D eigenvalue weighted by Gasteiger charge is -2.13. The molecule has 3 nitrogen and oxygen atoms in total. The van der Waals surface area contributed by atoms with Crippen molar-refractivity contribution >= 4 is 32.6 Å². The van der Waals surface area contributed by atoms with Crippen LogP contribution in [0.2, 0.25) is 0 Å². The molecule has 46 heavy (non-hydrogen) atoms. The lowest BCUT2D eigenvalue weighted by atomic mass is 9.97. The first-order valence-corrected chi connectivity index (χ1v) is 18.7. The summed E-state index contributed by atoms with van der Waals surface area (Å²) in [6.45, 7) is 18.7. The third-order valence-corrected chi connectivity index (χ3v) is 8.73. The van der Waals surface area contributed by atoms with Gasteiger partial charge in [0.2, 0.25) is 0 Å². The van der Waals surface area contributed by atoms with E-state index in [4.69, 9.17) is 9.72 Å². The molecule has 3 heteroatoms. The maximum absolute atomic E-state index is 6.12. The molecule has 0 atom stereocenters. The molecule has 5 rings (SSSR count). The van der Waals surface area contributed by atoms with Crippen molar-refractivity contribution in [2.45, 2.75) is 139 Å². The van der Waals surface area contributed by atoms with E-state index in [1.165, 1.54) is 109 Å². The Hall–Kier alpha value is -3.33. The molecule has 0 aliphatic rings. The van der Waals surface area contributed by atoms with Crippen molar-refractivity contribution in [1.82, 2.24) is 9.55 Å². The van der Waals surface area contributed by atoms with Crippen LogP contribution in [0.3, 0.4) is 0 Å². The molecule has 1 heterocycles. The highest BCUT2D eigenvalue weighted by Gasteiger charge is 2.19. The first-order valence-electron chi connectivity index (χ1n) is 18.7. The second-order valence-corrected chi connectivity index (χ2v) is 12.3. The van der Waals surface area contributed by atoms with E-state index in [1.807, 2.05) is 27.7 Å². The van der Waals surface area contributed by atoms with Crippen LogP contribution in [0, 0.1) is 13.8 Å². The zero-order chi connectivity index (χ0) is 33.3. The van der Waals surface area contributed by atoms with E-state index in [-0.39, 0.29) is 0 Å². The molecule has 0 aliphatic heterocycles. The van der Waals surface area contributed by atoms with E-state index in [2.05, 4.69) is 92.9 Å². The predicted molar refractivity (Wildman–Crippen MR) is 205 cm³/mol. The van der Waals surface area contributed by atoms with Gasteiger partial charge in [-0.2, -0.15) is 0 Å². The third kappa shape index (κ3) is 9.60. The zero-order valence-corrected chi connectivity index (χ0v) is 30.5. The maximum Gasteiger partial charge on any atom is 0.141 e.